The van der Waals surface area contributed by atoms with Crippen molar-refractivity contribution in [1.29, 1.82) is 0 Å². The molecule has 3 unspecified atom stereocenters. The molecule has 0 bridgehead atoms. The van der Waals surface area contributed by atoms with Gasteiger partial charge < -0.3 is 0 Å². The fourth-order valence-electron chi connectivity index (χ4n) is 2.75. The maximum Gasteiger partial charge on any atom is -0.0365 e. The van der Waals surface area contributed by atoms with Crippen LogP contribution < -0.4 is 0 Å². The molecule has 0 heteroatoms. The second-order valence-electron chi connectivity index (χ2n) is 6.48. The summed E-state index contributed by atoms with van der Waals surface area (Å²) in [5.41, 5.74) is 0. The molecule has 0 nitrogen and oxygen atoms in total. The minimum absolute atomic E-state index is 0.835. The molecule has 0 spiro atoms. The normalized spacial score (nSPS) is 17.8. The van der Waals surface area contributed by atoms with Crippen LogP contribution >= 0.6 is 0 Å². The van der Waals surface area contributed by atoms with Crippen LogP contribution in [0.4, 0.5) is 0 Å². The average molecular weight is 226 g/mol. The van der Waals surface area contributed by atoms with Crippen molar-refractivity contribution in [2.75, 3.05) is 0 Å². The van der Waals surface area contributed by atoms with Crippen LogP contribution in [0.25, 0.3) is 0 Å². The van der Waals surface area contributed by atoms with Gasteiger partial charge in [0.15, 0.2) is 0 Å². The highest BCUT2D eigenvalue weighted by atomic mass is 14.3. The zero-order valence-electron chi connectivity index (χ0n) is 12.7. The zero-order valence-corrected chi connectivity index (χ0v) is 12.7. The van der Waals surface area contributed by atoms with E-state index in [1.54, 1.807) is 0 Å². The Morgan fingerprint density at radius 3 is 1.69 bits per heavy atom. The molecule has 0 aromatic carbocycles. The number of hydrogen-bond donors (Lipinski definition) is 0. The minimum atomic E-state index is 0.835. The summed E-state index contributed by atoms with van der Waals surface area (Å²) in [6, 6.07) is 0. The van der Waals surface area contributed by atoms with Gasteiger partial charge in [-0.05, 0) is 42.4 Å². The van der Waals surface area contributed by atoms with Crippen molar-refractivity contribution in [3.8, 4) is 0 Å². The second-order valence-corrected chi connectivity index (χ2v) is 6.48. The van der Waals surface area contributed by atoms with Crippen LogP contribution in [0.3, 0.4) is 0 Å². The van der Waals surface area contributed by atoms with Crippen molar-refractivity contribution in [3.05, 3.63) is 0 Å². The Bertz CT molecular complexity index is 157. The first-order chi connectivity index (χ1) is 7.40. The highest BCUT2D eigenvalue weighted by molar-refractivity contribution is 4.73. The fourth-order valence-corrected chi connectivity index (χ4v) is 2.75. The topological polar surface area (TPSA) is 0 Å². The van der Waals surface area contributed by atoms with Gasteiger partial charge in [0.05, 0.1) is 0 Å². The zero-order chi connectivity index (χ0) is 12.7. The maximum atomic E-state index is 2.47. The third kappa shape index (κ3) is 5.92. The highest BCUT2D eigenvalue weighted by Crippen LogP contribution is 2.32. The van der Waals surface area contributed by atoms with E-state index in [4.69, 9.17) is 0 Å². The molecule has 0 heterocycles. The lowest BCUT2D eigenvalue weighted by Crippen LogP contribution is -2.21. The summed E-state index contributed by atoms with van der Waals surface area (Å²) in [6.45, 7) is 16.7. The molecule has 3 atom stereocenters. The molecule has 0 aliphatic heterocycles. The maximum absolute atomic E-state index is 2.47. The Labute approximate surface area is 104 Å². The summed E-state index contributed by atoms with van der Waals surface area (Å²) < 4.78 is 0. The van der Waals surface area contributed by atoms with Crippen LogP contribution in [0, 0.1) is 29.6 Å². The molecule has 98 valence electrons. The Morgan fingerprint density at radius 2 is 1.31 bits per heavy atom. The van der Waals surface area contributed by atoms with Gasteiger partial charge in [-0.1, -0.05) is 61.3 Å². The van der Waals surface area contributed by atoms with Crippen molar-refractivity contribution >= 4 is 0 Å². The summed E-state index contributed by atoms with van der Waals surface area (Å²) in [5, 5.41) is 0. The van der Waals surface area contributed by atoms with Crippen molar-refractivity contribution in [2.45, 2.75) is 74.1 Å². The largest absolute Gasteiger partial charge is 0.0654 e. The van der Waals surface area contributed by atoms with E-state index in [1.807, 2.05) is 0 Å². The molecule has 0 amide bonds. The van der Waals surface area contributed by atoms with E-state index in [-0.39, 0.29) is 0 Å². The second kappa shape index (κ2) is 8.14. The van der Waals surface area contributed by atoms with Crippen molar-refractivity contribution in [2.24, 2.45) is 29.6 Å². The summed E-state index contributed by atoms with van der Waals surface area (Å²) >= 11 is 0. The van der Waals surface area contributed by atoms with Gasteiger partial charge in [-0.3, -0.25) is 0 Å². The average Bonchev–Trinajstić information content (AvgIpc) is 2.17. The van der Waals surface area contributed by atoms with Gasteiger partial charge in [-0.15, -0.1) is 0 Å². The van der Waals surface area contributed by atoms with Gasteiger partial charge in [0, 0.05) is 0 Å². The van der Waals surface area contributed by atoms with Crippen LogP contribution in [0.1, 0.15) is 74.1 Å². The first-order valence-electron chi connectivity index (χ1n) is 7.40. The smallest absolute Gasteiger partial charge is 0.0365 e. The first kappa shape index (κ1) is 16.0. The van der Waals surface area contributed by atoms with Gasteiger partial charge in [-0.2, -0.15) is 0 Å². The van der Waals surface area contributed by atoms with E-state index in [0.717, 1.165) is 29.6 Å². The van der Waals surface area contributed by atoms with Crippen molar-refractivity contribution in [3.63, 3.8) is 0 Å². The van der Waals surface area contributed by atoms with Gasteiger partial charge in [0.1, 0.15) is 0 Å². The molecule has 0 fully saturated rings. The fraction of sp³-hybridized carbons (Fsp3) is 1.00. The highest BCUT2D eigenvalue weighted by Gasteiger charge is 2.22. The Balaban J connectivity index is 4.20. The van der Waals surface area contributed by atoms with Gasteiger partial charge in [-0.25, -0.2) is 0 Å². The van der Waals surface area contributed by atoms with Gasteiger partial charge >= 0.3 is 0 Å². The van der Waals surface area contributed by atoms with E-state index < -0.39 is 0 Å². The number of hydrogen-bond acceptors (Lipinski definition) is 0. The standard InChI is InChI=1S/C16H34/c1-8-9-10-16(13(4)5)15(7)11-14(6)12(2)3/h12-16H,8-11H2,1-7H3. The summed E-state index contributed by atoms with van der Waals surface area (Å²) in [7, 11) is 0. The van der Waals surface area contributed by atoms with Crippen LogP contribution in [0.15, 0.2) is 0 Å². The van der Waals surface area contributed by atoms with Crippen LogP contribution in [0.2, 0.25) is 0 Å². The number of unbranched alkanes of at least 4 members (excludes halogenated alkanes) is 1. The van der Waals surface area contributed by atoms with E-state index in [9.17, 15) is 0 Å². The molecule has 0 aromatic heterocycles. The summed E-state index contributed by atoms with van der Waals surface area (Å²) in [6.07, 6.45) is 5.59. The first-order valence-corrected chi connectivity index (χ1v) is 7.40. The third-order valence-corrected chi connectivity index (χ3v) is 4.36. The molecule has 16 heavy (non-hydrogen) atoms. The molecule has 0 N–H and O–H groups in total. The SMILES string of the molecule is CCCCC(C(C)C)C(C)CC(C)C(C)C. The molecule has 0 aromatic rings. The molecule has 0 radical (unpaired) electrons. The minimum Gasteiger partial charge on any atom is -0.0654 e. The van der Waals surface area contributed by atoms with Crippen molar-refractivity contribution in [1.82, 2.24) is 0 Å². The van der Waals surface area contributed by atoms with E-state index >= 15 is 0 Å². The van der Waals surface area contributed by atoms with Gasteiger partial charge in [0.2, 0.25) is 0 Å². The quantitative estimate of drug-likeness (QED) is 0.493. The van der Waals surface area contributed by atoms with Crippen molar-refractivity contribution < 1.29 is 0 Å². The number of rotatable bonds is 8. The van der Waals surface area contributed by atoms with Crippen LogP contribution in [0.5, 0.6) is 0 Å². The Hall–Kier alpha value is 0. The molecule has 0 rings (SSSR count). The lowest BCUT2D eigenvalue weighted by atomic mass is 9.75. The lowest BCUT2D eigenvalue weighted by molar-refractivity contribution is 0.198. The molecule has 0 aliphatic carbocycles. The monoisotopic (exact) mass is 226 g/mol. The van der Waals surface area contributed by atoms with E-state index in [1.165, 1.54) is 25.7 Å². The molecule has 0 saturated heterocycles. The van der Waals surface area contributed by atoms with E-state index in [2.05, 4.69) is 48.5 Å². The lowest BCUT2D eigenvalue weighted by Gasteiger charge is -2.30. The van der Waals surface area contributed by atoms with Crippen LogP contribution in [-0.2, 0) is 0 Å². The third-order valence-electron chi connectivity index (χ3n) is 4.36. The summed E-state index contributed by atoms with van der Waals surface area (Å²) in [4.78, 5) is 0. The Kier molecular flexibility index (Phi) is 8.14. The summed E-state index contributed by atoms with van der Waals surface area (Å²) in [5.74, 6) is 4.38. The predicted molar refractivity (Wildman–Crippen MR) is 75.6 cm³/mol. The van der Waals surface area contributed by atoms with Gasteiger partial charge in [0.25, 0.3) is 0 Å². The molecule has 0 aliphatic rings. The molecular weight excluding hydrogens is 192 g/mol. The predicted octanol–water partition coefficient (Wildman–Crippen LogP) is 5.77. The Morgan fingerprint density at radius 1 is 0.750 bits per heavy atom. The molecular formula is C16H34. The van der Waals surface area contributed by atoms with E-state index in [0.29, 0.717) is 0 Å². The van der Waals surface area contributed by atoms with Crippen LogP contribution in [-0.4, -0.2) is 0 Å². The molecule has 0 saturated carbocycles.